The summed E-state index contributed by atoms with van der Waals surface area (Å²) in [6, 6.07) is 7.23. The van der Waals surface area contributed by atoms with Crippen LogP contribution in [0.2, 0.25) is 0 Å². The van der Waals surface area contributed by atoms with Crippen LogP contribution >= 0.6 is 11.3 Å². The normalized spacial score (nSPS) is 14.6. The summed E-state index contributed by atoms with van der Waals surface area (Å²) in [6.07, 6.45) is -0.805. The lowest BCUT2D eigenvalue weighted by molar-refractivity contribution is -0.124. The molecule has 4 amide bonds. The van der Waals surface area contributed by atoms with Crippen LogP contribution < -0.4 is 16.0 Å². The lowest BCUT2D eigenvalue weighted by Crippen LogP contribution is -2.30. The van der Waals surface area contributed by atoms with Gasteiger partial charge in [0.2, 0.25) is 11.8 Å². The molecule has 1 unspecified atom stereocenters. The number of nitrogens with two attached hydrogens (primary N) is 1. The summed E-state index contributed by atoms with van der Waals surface area (Å²) in [5.41, 5.74) is 5.92. The number of primary amides is 1. The number of anilines is 2. The van der Waals surface area contributed by atoms with Crippen molar-refractivity contribution >= 4 is 51.6 Å². The predicted molar refractivity (Wildman–Crippen MR) is 105 cm³/mol. The second kappa shape index (κ2) is 8.23. The van der Waals surface area contributed by atoms with Crippen LogP contribution in [0.15, 0.2) is 35.7 Å². The fraction of sp³-hybridized carbons (Fsp3) is 0.211. The zero-order valence-electron chi connectivity index (χ0n) is 15.3. The highest BCUT2D eigenvalue weighted by Crippen LogP contribution is 2.24. The third kappa shape index (κ3) is 4.32. The maximum absolute atomic E-state index is 12.3. The van der Waals surface area contributed by atoms with Crippen LogP contribution in [0.4, 0.5) is 10.7 Å². The molecule has 0 radical (unpaired) electrons. The van der Waals surface area contributed by atoms with E-state index in [-0.39, 0.29) is 40.8 Å². The minimum Gasteiger partial charge on any atom is -0.449 e. The zero-order valence-corrected chi connectivity index (χ0v) is 16.2. The van der Waals surface area contributed by atoms with E-state index in [0.717, 1.165) is 16.2 Å². The second-order valence-electron chi connectivity index (χ2n) is 6.23. The molecule has 2 heterocycles. The number of carbonyl (C=O) groups excluding carboxylic acids is 5. The number of thiophene rings is 1. The van der Waals surface area contributed by atoms with Gasteiger partial charge in [0.15, 0.2) is 6.10 Å². The summed E-state index contributed by atoms with van der Waals surface area (Å²) in [5, 5.41) is 4.38. The van der Waals surface area contributed by atoms with E-state index < -0.39 is 23.9 Å². The van der Waals surface area contributed by atoms with Gasteiger partial charge in [0.05, 0.1) is 16.8 Å². The van der Waals surface area contributed by atoms with Gasteiger partial charge in [0.25, 0.3) is 11.8 Å². The Balaban J connectivity index is 1.62. The summed E-state index contributed by atoms with van der Waals surface area (Å²) < 4.78 is 5.14. The van der Waals surface area contributed by atoms with E-state index in [2.05, 4.69) is 5.32 Å². The van der Waals surface area contributed by atoms with Gasteiger partial charge in [0, 0.05) is 12.8 Å². The molecule has 3 rings (SSSR count). The largest absolute Gasteiger partial charge is 0.449 e. The van der Waals surface area contributed by atoms with E-state index in [1.54, 1.807) is 5.38 Å². The van der Waals surface area contributed by atoms with Crippen molar-refractivity contribution in [3.05, 3.63) is 46.8 Å². The monoisotopic (exact) mass is 415 g/mol. The number of ether oxygens (including phenoxy) is 1. The van der Waals surface area contributed by atoms with Gasteiger partial charge in [-0.05, 0) is 42.6 Å². The van der Waals surface area contributed by atoms with Crippen molar-refractivity contribution in [3.8, 4) is 0 Å². The van der Waals surface area contributed by atoms with Gasteiger partial charge in [0.1, 0.15) is 5.00 Å². The van der Waals surface area contributed by atoms with Crippen molar-refractivity contribution in [2.45, 2.75) is 25.9 Å². The number of carbonyl (C=O) groups is 5. The first kappa shape index (κ1) is 20.2. The third-order valence-corrected chi connectivity index (χ3v) is 5.06. The molecule has 1 aromatic heterocycles. The Hall–Kier alpha value is -3.53. The van der Waals surface area contributed by atoms with Crippen molar-refractivity contribution in [3.63, 3.8) is 0 Å². The number of hydrogen-bond acceptors (Lipinski definition) is 7. The Morgan fingerprint density at radius 1 is 1.10 bits per heavy atom. The topological polar surface area (TPSA) is 136 Å². The molecule has 9 nitrogen and oxygen atoms in total. The number of rotatable bonds is 6. The van der Waals surface area contributed by atoms with Crippen LogP contribution in [-0.4, -0.2) is 35.7 Å². The number of amides is 4. The minimum atomic E-state index is -1.13. The second-order valence-corrected chi connectivity index (χ2v) is 7.15. The molecule has 150 valence electrons. The maximum Gasteiger partial charge on any atom is 0.338 e. The van der Waals surface area contributed by atoms with E-state index in [0.29, 0.717) is 5.69 Å². The summed E-state index contributed by atoms with van der Waals surface area (Å²) in [4.78, 5) is 60.4. The van der Waals surface area contributed by atoms with Gasteiger partial charge in [-0.15, -0.1) is 11.3 Å². The first-order valence-corrected chi connectivity index (χ1v) is 9.51. The number of nitrogens with one attached hydrogen (secondary N) is 1. The van der Waals surface area contributed by atoms with Gasteiger partial charge in [-0.3, -0.25) is 24.1 Å². The molecule has 10 heteroatoms. The molecule has 1 saturated heterocycles. The van der Waals surface area contributed by atoms with E-state index in [1.165, 1.54) is 37.3 Å². The van der Waals surface area contributed by atoms with Gasteiger partial charge in [-0.2, -0.15) is 0 Å². The highest BCUT2D eigenvalue weighted by atomic mass is 32.1. The van der Waals surface area contributed by atoms with E-state index in [9.17, 15) is 24.0 Å². The van der Waals surface area contributed by atoms with Crippen LogP contribution in [0, 0.1) is 0 Å². The molecule has 1 atom stereocenters. The lowest BCUT2D eigenvalue weighted by atomic mass is 10.2. The number of nitrogens with zero attached hydrogens (tertiary/aromatic N) is 1. The Morgan fingerprint density at radius 3 is 2.31 bits per heavy atom. The molecule has 0 bridgehead atoms. The number of hydrogen-bond donors (Lipinski definition) is 2. The molecule has 3 N–H and O–H groups in total. The Morgan fingerprint density at radius 2 is 1.72 bits per heavy atom. The molecular formula is C19H17N3O6S. The SMILES string of the molecule is CC(OC(=O)c1ccc(N2C(=O)CCC2=O)cc1)C(=O)Nc1sccc1C(N)=O. The molecule has 0 saturated carbocycles. The highest BCUT2D eigenvalue weighted by Gasteiger charge is 2.30. The molecule has 1 aliphatic rings. The fourth-order valence-electron chi connectivity index (χ4n) is 2.71. The average molecular weight is 415 g/mol. The minimum absolute atomic E-state index is 0.154. The summed E-state index contributed by atoms with van der Waals surface area (Å²) in [6.45, 7) is 1.39. The third-order valence-electron chi connectivity index (χ3n) is 4.23. The van der Waals surface area contributed by atoms with Crippen molar-refractivity contribution in [2.75, 3.05) is 10.2 Å². The summed E-state index contributed by atoms with van der Waals surface area (Å²) >= 11 is 1.12. The zero-order chi connectivity index (χ0) is 21.1. The van der Waals surface area contributed by atoms with Gasteiger partial charge >= 0.3 is 5.97 Å². The number of esters is 1. The number of imide groups is 1. The van der Waals surface area contributed by atoms with Crippen molar-refractivity contribution < 1.29 is 28.7 Å². The Labute approximate surface area is 169 Å². The van der Waals surface area contributed by atoms with Gasteiger partial charge in [-0.25, -0.2) is 4.79 Å². The molecule has 1 fully saturated rings. The molecule has 1 aliphatic heterocycles. The lowest BCUT2D eigenvalue weighted by Gasteiger charge is -2.15. The quantitative estimate of drug-likeness (QED) is 0.544. The Kier molecular flexibility index (Phi) is 5.74. The molecule has 2 aromatic rings. The molecule has 0 aliphatic carbocycles. The molecule has 29 heavy (non-hydrogen) atoms. The van der Waals surface area contributed by atoms with Crippen LogP contribution in [0.25, 0.3) is 0 Å². The van der Waals surface area contributed by atoms with Gasteiger partial charge in [-0.1, -0.05) is 0 Å². The first-order valence-electron chi connectivity index (χ1n) is 8.63. The summed E-state index contributed by atoms with van der Waals surface area (Å²) in [5.74, 6) is -2.63. The predicted octanol–water partition coefficient (Wildman–Crippen LogP) is 1.68. The smallest absolute Gasteiger partial charge is 0.338 e. The number of benzene rings is 1. The maximum atomic E-state index is 12.3. The molecular weight excluding hydrogens is 398 g/mol. The average Bonchev–Trinajstić information content (AvgIpc) is 3.28. The van der Waals surface area contributed by atoms with Crippen molar-refractivity contribution in [1.29, 1.82) is 0 Å². The van der Waals surface area contributed by atoms with Crippen molar-refractivity contribution in [2.24, 2.45) is 5.73 Å². The molecule has 0 spiro atoms. The van der Waals surface area contributed by atoms with Gasteiger partial charge < -0.3 is 15.8 Å². The van der Waals surface area contributed by atoms with Crippen LogP contribution in [0.3, 0.4) is 0 Å². The van der Waals surface area contributed by atoms with E-state index in [1.807, 2.05) is 0 Å². The first-order chi connectivity index (χ1) is 13.8. The van der Waals surface area contributed by atoms with Crippen LogP contribution in [0.1, 0.15) is 40.5 Å². The van der Waals surface area contributed by atoms with Crippen LogP contribution in [-0.2, 0) is 19.1 Å². The van der Waals surface area contributed by atoms with Crippen LogP contribution in [0.5, 0.6) is 0 Å². The Bertz CT molecular complexity index is 982. The van der Waals surface area contributed by atoms with Crippen molar-refractivity contribution in [1.82, 2.24) is 0 Å². The fourth-order valence-corrected chi connectivity index (χ4v) is 3.50. The van der Waals surface area contributed by atoms with E-state index >= 15 is 0 Å². The highest BCUT2D eigenvalue weighted by molar-refractivity contribution is 7.14. The molecule has 1 aromatic carbocycles. The van der Waals surface area contributed by atoms with E-state index in [4.69, 9.17) is 10.5 Å². The summed E-state index contributed by atoms with van der Waals surface area (Å²) in [7, 11) is 0. The standard InChI is InChI=1S/C19H17N3O6S/c1-10(17(26)21-18-13(16(20)25)8-9-29-18)28-19(27)11-2-4-12(5-3-11)22-14(23)6-7-15(22)24/h2-5,8-10H,6-7H2,1H3,(H2,20,25)(H,21,26).